The van der Waals surface area contributed by atoms with E-state index < -0.39 is 6.10 Å². The number of rotatable bonds is 2. The largest absolute Gasteiger partial charge is 0.376 e. The molecule has 1 aromatic carbocycles. The van der Waals surface area contributed by atoms with E-state index in [-0.39, 0.29) is 5.78 Å². The lowest BCUT2D eigenvalue weighted by Gasteiger charge is -2.21. The molecule has 0 amide bonds. The van der Waals surface area contributed by atoms with Gasteiger partial charge in [0.1, 0.15) is 6.10 Å². The van der Waals surface area contributed by atoms with Crippen LogP contribution in [-0.2, 0) is 16.5 Å². The van der Waals surface area contributed by atoms with Crippen LogP contribution in [0, 0.1) is 6.92 Å². The molecule has 0 aliphatic carbocycles. The number of benzene rings is 1. The molecule has 1 aliphatic rings. The third kappa shape index (κ3) is 2.17. The number of fused-ring (bicyclic) bond motifs is 1. The Bertz CT molecular complexity index is 624. The highest BCUT2D eigenvalue weighted by molar-refractivity contribution is 6.10. The second-order valence-corrected chi connectivity index (χ2v) is 4.97. The van der Waals surface area contributed by atoms with Crippen LogP contribution in [0.4, 0.5) is 0 Å². The summed E-state index contributed by atoms with van der Waals surface area (Å²) in [5, 5.41) is 0.979. The molecule has 1 saturated heterocycles. The average molecular weight is 259 g/mol. The zero-order valence-electron chi connectivity index (χ0n) is 11.2. The third-order valence-corrected chi connectivity index (χ3v) is 3.52. The minimum absolute atomic E-state index is 0.00848. The molecule has 1 aliphatic heterocycles. The molecule has 0 N–H and O–H groups in total. The van der Waals surface area contributed by atoms with E-state index >= 15 is 0 Å². The number of Topliss-reactive ketones (excluding diaryl/α,β-unsaturated/α-hetero) is 1. The van der Waals surface area contributed by atoms with Gasteiger partial charge < -0.3 is 14.0 Å². The van der Waals surface area contributed by atoms with Crippen molar-refractivity contribution in [2.75, 3.05) is 19.8 Å². The summed E-state index contributed by atoms with van der Waals surface area (Å²) in [6, 6.07) is 6.11. The van der Waals surface area contributed by atoms with Crippen molar-refractivity contribution in [2.24, 2.45) is 7.05 Å². The zero-order chi connectivity index (χ0) is 13.4. The highest BCUT2D eigenvalue weighted by Gasteiger charge is 2.26. The van der Waals surface area contributed by atoms with Crippen LogP contribution in [-0.4, -0.2) is 36.3 Å². The number of aryl methyl sites for hydroxylation is 2. The van der Waals surface area contributed by atoms with Gasteiger partial charge in [-0.25, -0.2) is 0 Å². The number of hydrogen-bond donors (Lipinski definition) is 0. The van der Waals surface area contributed by atoms with Gasteiger partial charge in [-0.05, 0) is 18.6 Å². The molecule has 0 bridgehead atoms. The normalized spacial score (nSPS) is 19.8. The highest BCUT2D eigenvalue weighted by atomic mass is 16.6. The van der Waals surface area contributed by atoms with E-state index in [1.165, 1.54) is 5.56 Å². The van der Waals surface area contributed by atoms with E-state index in [9.17, 15) is 4.79 Å². The first kappa shape index (κ1) is 12.4. The fraction of sp³-hybridized carbons (Fsp3) is 0.400. The number of carbonyl (C=O) groups is 1. The average Bonchev–Trinajstić information content (AvgIpc) is 2.76. The van der Waals surface area contributed by atoms with E-state index in [4.69, 9.17) is 9.47 Å². The maximum atomic E-state index is 12.5. The van der Waals surface area contributed by atoms with Crippen LogP contribution in [0.25, 0.3) is 10.9 Å². The number of ketones is 1. The summed E-state index contributed by atoms with van der Waals surface area (Å²) in [5.41, 5.74) is 2.97. The number of hydrogen-bond acceptors (Lipinski definition) is 3. The van der Waals surface area contributed by atoms with Crippen molar-refractivity contribution in [3.8, 4) is 0 Å². The molecular weight excluding hydrogens is 242 g/mol. The van der Waals surface area contributed by atoms with Crippen molar-refractivity contribution < 1.29 is 14.3 Å². The number of nitrogens with zero attached hydrogens (tertiary/aromatic N) is 1. The predicted octanol–water partition coefficient (Wildman–Crippen LogP) is 2.08. The lowest BCUT2D eigenvalue weighted by Crippen LogP contribution is -2.35. The van der Waals surface area contributed by atoms with Crippen molar-refractivity contribution in [3.05, 3.63) is 35.5 Å². The molecule has 2 aromatic rings. The van der Waals surface area contributed by atoms with E-state index in [1.807, 2.05) is 36.9 Å². The summed E-state index contributed by atoms with van der Waals surface area (Å²) in [6.07, 6.45) is 1.41. The van der Waals surface area contributed by atoms with Crippen LogP contribution >= 0.6 is 0 Å². The molecule has 1 atom stereocenters. The van der Waals surface area contributed by atoms with Gasteiger partial charge in [-0.2, -0.15) is 0 Å². The summed E-state index contributed by atoms with van der Waals surface area (Å²) in [4.78, 5) is 12.5. The van der Waals surface area contributed by atoms with Crippen molar-refractivity contribution in [1.29, 1.82) is 0 Å². The molecule has 100 valence electrons. The van der Waals surface area contributed by atoms with E-state index in [1.54, 1.807) is 0 Å². The van der Waals surface area contributed by atoms with Crippen LogP contribution in [0.2, 0.25) is 0 Å². The Balaban J connectivity index is 2.02. The quantitative estimate of drug-likeness (QED) is 0.775. The monoisotopic (exact) mass is 259 g/mol. The zero-order valence-corrected chi connectivity index (χ0v) is 11.2. The molecule has 19 heavy (non-hydrogen) atoms. The molecule has 1 aromatic heterocycles. The van der Waals surface area contributed by atoms with Gasteiger partial charge in [-0.15, -0.1) is 0 Å². The van der Waals surface area contributed by atoms with Gasteiger partial charge in [0.15, 0.2) is 5.78 Å². The maximum Gasteiger partial charge on any atom is 0.196 e. The smallest absolute Gasteiger partial charge is 0.196 e. The van der Waals surface area contributed by atoms with Gasteiger partial charge in [-0.1, -0.05) is 12.1 Å². The number of aromatic nitrogens is 1. The first-order valence-corrected chi connectivity index (χ1v) is 6.46. The molecule has 1 unspecified atom stereocenters. The molecule has 0 spiro atoms. The SMILES string of the molecule is Cc1ccc2c(C(=O)C3COCCO3)cn(C)c2c1. The minimum Gasteiger partial charge on any atom is -0.376 e. The van der Waals surface area contributed by atoms with Gasteiger partial charge in [0, 0.05) is 29.7 Å². The molecule has 4 heteroatoms. The topological polar surface area (TPSA) is 40.5 Å². The molecule has 0 saturated carbocycles. The van der Waals surface area contributed by atoms with Gasteiger partial charge in [0.25, 0.3) is 0 Å². The van der Waals surface area contributed by atoms with Crippen LogP contribution < -0.4 is 0 Å². The first-order chi connectivity index (χ1) is 9.16. The molecule has 4 nitrogen and oxygen atoms in total. The second-order valence-electron chi connectivity index (χ2n) is 4.97. The van der Waals surface area contributed by atoms with Gasteiger partial charge in [0.2, 0.25) is 0 Å². The van der Waals surface area contributed by atoms with Crippen molar-refractivity contribution >= 4 is 16.7 Å². The Morgan fingerprint density at radius 2 is 2.21 bits per heavy atom. The lowest BCUT2D eigenvalue weighted by atomic mass is 10.0. The second kappa shape index (κ2) is 4.79. The fourth-order valence-electron chi connectivity index (χ4n) is 2.50. The van der Waals surface area contributed by atoms with Crippen LogP contribution in [0.3, 0.4) is 0 Å². The van der Waals surface area contributed by atoms with E-state index in [0.717, 1.165) is 10.9 Å². The Kier molecular flexibility index (Phi) is 3.12. The maximum absolute atomic E-state index is 12.5. The Morgan fingerprint density at radius 1 is 1.37 bits per heavy atom. The van der Waals surface area contributed by atoms with E-state index in [0.29, 0.717) is 25.4 Å². The summed E-state index contributed by atoms with van der Waals surface area (Å²) in [7, 11) is 1.96. The molecule has 2 heterocycles. The Labute approximate surface area is 111 Å². The van der Waals surface area contributed by atoms with Crippen LogP contribution in [0.15, 0.2) is 24.4 Å². The molecule has 3 rings (SSSR count). The molecular formula is C15H17NO3. The van der Waals surface area contributed by atoms with Crippen molar-refractivity contribution in [2.45, 2.75) is 13.0 Å². The van der Waals surface area contributed by atoms with Crippen LogP contribution in [0.5, 0.6) is 0 Å². The van der Waals surface area contributed by atoms with Gasteiger partial charge in [0.05, 0.1) is 19.8 Å². The number of carbonyl (C=O) groups excluding carboxylic acids is 1. The molecule has 0 radical (unpaired) electrons. The third-order valence-electron chi connectivity index (χ3n) is 3.52. The highest BCUT2D eigenvalue weighted by Crippen LogP contribution is 2.24. The predicted molar refractivity (Wildman–Crippen MR) is 72.5 cm³/mol. The molecule has 1 fully saturated rings. The standard InChI is InChI=1S/C15H17NO3/c1-10-3-4-11-12(8-16(2)13(11)7-10)15(17)14-9-18-5-6-19-14/h3-4,7-8,14H,5-6,9H2,1-2H3. The Hall–Kier alpha value is -1.65. The van der Waals surface area contributed by atoms with E-state index in [2.05, 4.69) is 6.07 Å². The van der Waals surface area contributed by atoms with Gasteiger partial charge >= 0.3 is 0 Å². The summed E-state index contributed by atoms with van der Waals surface area (Å²) >= 11 is 0. The fourth-order valence-corrected chi connectivity index (χ4v) is 2.50. The van der Waals surface area contributed by atoms with Crippen molar-refractivity contribution in [3.63, 3.8) is 0 Å². The first-order valence-electron chi connectivity index (χ1n) is 6.46. The summed E-state index contributed by atoms with van der Waals surface area (Å²) in [5.74, 6) is 0.00848. The summed E-state index contributed by atoms with van der Waals surface area (Å²) < 4.78 is 12.8. The summed E-state index contributed by atoms with van der Waals surface area (Å²) in [6.45, 7) is 3.45. The van der Waals surface area contributed by atoms with Crippen LogP contribution in [0.1, 0.15) is 15.9 Å². The minimum atomic E-state index is -0.472. The van der Waals surface area contributed by atoms with Crippen molar-refractivity contribution in [1.82, 2.24) is 4.57 Å². The lowest BCUT2D eigenvalue weighted by molar-refractivity contribution is -0.0718. The van der Waals surface area contributed by atoms with Gasteiger partial charge in [-0.3, -0.25) is 4.79 Å². The Morgan fingerprint density at radius 3 is 2.95 bits per heavy atom. The number of ether oxygens (including phenoxy) is 2.